The molecule has 0 amide bonds. The molecule has 1 aromatic carbocycles. The Morgan fingerprint density at radius 2 is 1.86 bits per heavy atom. The fraction of sp³-hybridized carbons (Fsp3) is 0.353. The summed E-state index contributed by atoms with van der Waals surface area (Å²) >= 11 is 0. The first-order valence-electron chi connectivity index (χ1n) is 7.47. The van der Waals surface area contributed by atoms with Gasteiger partial charge in [0.25, 0.3) is 0 Å². The Kier molecular flexibility index (Phi) is 5.69. The highest BCUT2D eigenvalue weighted by atomic mass is 32.2. The van der Waals surface area contributed by atoms with Crippen molar-refractivity contribution in [3.8, 4) is 0 Å². The summed E-state index contributed by atoms with van der Waals surface area (Å²) in [6.07, 6.45) is 2.34. The summed E-state index contributed by atoms with van der Waals surface area (Å²) in [6, 6.07) is 13.7. The van der Waals surface area contributed by atoms with Gasteiger partial charge < -0.3 is 0 Å². The maximum absolute atomic E-state index is 12.0. The first kappa shape index (κ1) is 16.6. The van der Waals surface area contributed by atoms with Gasteiger partial charge in [-0.2, -0.15) is 0 Å². The SMILES string of the molecule is CCCS(=O)(=O)NCC(c1ccccn1)c1ccccc1C. The van der Waals surface area contributed by atoms with Crippen LogP contribution < -0.4 is 4.72 Å². The second kappa shape index (κ2) is 7.51. The van der Waals surface area contributed by atoms with Gasteiger partial charge in [-0.1, -0.05) is 37.3 Å². The molecule has 0 fully saturated rings. The van der Waals surface area contributed by atoms with Crippen molar-refractivity contribution >= 4 is 10.0 Å². The van der Waals surface area contributed by atoms with Gasteiger partial charge in [-0.3, -0.25) is 4.98 Å². The van der Waals surface area contributed by atoms with Crippen molar-refractivity contribution in [3.05, 3.63) is 65.5 Å². The van der Waals surface area contributed by atoms with Crippen molar-refractivity contribution < 1.29 is 8.42 Å². The van der Waals surface area contributed by atoms with Crippen LogP contribution in [0, 0.1) is 6.92 Å². The zero-order valence-electron chi connectivity index (χ0n) is 13.0. The normalized spacial score (nSPS) is 13.0. The highest BCUT2D eigenvalue weighted by Crippen LogP contribution is 2.25. The van der Waals surface area contributed by atoms with Crippen LogP contribution in [0.15, 0.2) is 48.7 Å². The number of benzene rings is 1. The van der Waals surface area contributed by atoms with E-state index < -0.39 is 10.0 Å². The molecule has 1 aromatic heterocycles. The Labute approximate surface area is 132 Å². The first-order valence-corrected chi connectivity index (χ1v) is 9.12. The fourth-order valence-corrected chi connectivity index (χ4v) is 3.59. The third-order valence-electron chi connectivity index (χ3n) is 3.59. The van der Waals surface area contributed by atoms with Crippen LogP contribution in [0.25, 0.3) is 0 Å². The van der Waals surface area contributed by atoms with Gasteiger partial charge in [-0.15, -0.1) is 0 Å². The van der Waals surface area contributed by atoms with Crippen molar-refractivity contribution in [1.82, 2.24) is 9.71 Å². The Morgan fingerprint density at radius 1 is 1.14 bits per heavy atom. The molecule has 4 nitrogen and oxygen atoms in total. The van der Waals surface area contributed by atoms with Crippen LogP contribution in [0.2, 0.25) is 0 Å². The molecule has 0 aliphatic carbocycles. The Morgan fingerprint density at radius 3 is 2.50 bits per heavy atom. The molecule has 2 rings (SSSR count). The highest BCUT2D eigenvalue weighted by molar-refractivity contribution is 7.89. The number of nitrogens with one attached hydrogen (secondary N) is 1. The largest absolute Gasteiger partial charge is 0.261 e. The van der Waals surface area contributed by atoms with Crippen molar-refractivity contribution in [1.29, 1.82) is 0 Å². The van der Waals surface area contributed by atoms with E-state index in [9.17, 15) is 8.42 Å². The predicted molar refractivity (Wildman–Crippen MR) is 89.3 cm³/mol. The van der Waals surface area contributed by atoms with Crippen LogP contribution in [0.4, 0.5) is 0 Å². The predicted octanol–water partition coefficient (Wildman–Crippen LogP) is 2.85. The standard InChI is InChI=1S/C17H22N2O2S/c1-3-12-22(20,21)19-13-16(17-10-6-7-11-18-17)15-9-5-4-8-14(15)2/h4-11,16,19H,3,12-13H2,1-2H3. The van der Waals surface area contributed by atoms with E-state index in [-0.39, 0.29) is 11.7 Å². The van der Waals surface area contributed by atoms with E-state index in [1.807, 2.05) is 56.3 Å². The lowest BCUT2D eigenvalue weighted by Gasteiger charge is -2.19. The Bertz CT molecular complexity index is 700. The lowest BCUT2D eigenvalue weighted by molar-refractivity contribution is 0.575. The molecule has 1 N–H and O–H groups in total. The number of sulfonamides is 1. The molecule has 0 aliphatic rings. The van der Waals surface area contributed by atoms with E-state index in [1.165, 1.54) is 0 Å². The molecule has 0 aliphatic heterocycles. The minimum Gasteiger partial charge on any atom is -0.261 e. The van der Waals surface area contributed by atoms with Crippen molar-refractivity contribution in [2.45, 2.75) is 26.2 Å². The van der Waals surface area contributed by atoms with Crippen LogP contribution in [-0.4, -0.2) is 25.7 Å². The van der Waals surface area contributed by atoms with E-state index in [0.29, 0.717) is 13.0 Å². The Hall–Kier alpha value is -1.72. The Balaban J connectivity index is 2.30. The van der Waals surface area contributed by atoms with Gasteiger partial charge in [-0.05, 0) is 36.6 Å². The van der Waals surface area contributed by atoms with Crippen LogP contribution in [0.3, 0.4) is 0 Å². The number of hydrogen-bond donors (Lipinski definition) is 1. The molecule has 0 saturated heterocycles. The molecular formula is C17H22N2O2S. The molecule has 2 aromatic rings. The van der Waals surface area contributed by atoms with Gasteiger partial charge >= 0.3 is 0 Å². The maximum Gasteiger partial charge on any atom is 0.211 e. The number of aromatic nitrogens is 1. The minimum absolute atomic E-state index is 0.0889. The lowest BCUT2D eigenvalue weighted by Crippen LogP contribution is -2.31. The van der Waals surface area contributed by atoms with Gasteiger partial charge in [0, 0.05) is 24.4 Å². The van der Waals surface area contributed by atoms with Crippen molar-refractivity contribution in [2.75, 3.05) is 12.3 Å². The molecule has 118 valence electrons. The number of nitrogens with zero attached hydrogens (tertiary/aromatic N) is 1. The fourth-order valence-electron chi connectivity index (χ4n) is 2.48. The smallest absolute Gasteiger partial charge is 0.211 e. The molecule has 1 heterocycles. The number of aryl methyl sites for hydroxylation is 1. The zero-order chi connectivity index (χ0) is 16.0. The second-order valence-electron chi connectivity index (χ2n) is 5.33. The topological polar surface area (TPSA) is 59.1 Å². The van der Waals surface area contributed by atoms with Gasteiger partial charge in [0.1, 0.15) is 0 Å². The number of rotatable bonds is 7. The van der Waals surface area contributed by atoms with Gasteiger partial charge in [0.05, 0.1) is 5.75 Å². The molecule has 0 saturated carbocycles. The summed E-state index contributed by atoms with van der Waals surface area (Å²) in [7, 11) is -3.23. The first-order chi connectivity index (χ1) is 10.5. The lowest BCUT2D eigenvalue weighted by atomic mass is 9.92. The molecular weight excluding hydrogens is 296 g/mol. The monoisotopic (exact) mass is 318 g/mol. The summed E-state index contributed by atoms with van der Waals surface area (Å²) in [5.41, 5.74) is 3.10. The molecule has 5 heteroatoms. The van der Waals surface area contributed by atoms with Crippen LogP contribution in [0.5, 0.6) is 0 Å². The van der Waals surface area contributed by atoms with E-state index in [0.717, 1.165) is 16.8 Å². The minimum atomic E-state index is -3.23. The van der Waals surface area contributed by atoms with Gasteiger partial charge in [0.15, 0.2) is 0 Å². The zero-order valence-corrected chi connectivity index (χ0v) is 13.8. The highest BCUT2D eigenvalue weighted by Gasteiger charge is 2.19. The van der Waals surface area contributed by atoms with Crippen molar-refractivity contribution in [3.63, 3.8) is 0 Å². The summed E-state index contributed by atoms with van der Waals surface area (Å²) in [5.74, 6) is 0.0597. The molecule has 0 radical (unpaired) electrons. The maximum atomic E-state index is 12.0. The molecule has 1 atom stereocenters. The van der Waals surface area contributed by atoms with E-state index in [2.05, 4.69) is 9.71 Å². The van der Waals surface area contributed by atoms with Crippen LogP contribution in [-0.2, 0) is 10.0 Å². The molecule has 0 bridgehead atoms. The second-order valence-corrected chi connectivity index (χ2v) is 7.26. The average Bonchev–Trinajstić information content (AvgIpc) is 2.50. The summed E-state index contributed by atoms with van der Waals surface area (Å²) < 4.78 is 26.6. The van der Waals surface area contributed by atoms with E-state index in [4.69, 9.17) is 0 Å². The summed E-state index contributed by atoms with van der Waals surface area (Å²) in [6.45, 7) is 4.22. The third kappa shape index (κ3) is 4.39. The summed E-state index contributed by atoms with van der Waals surface area (Å²) in [4.78, 5) is 4.41. The van der Waals surface area contributed by atoms with Gasteiger partial charge in [-0.25, -0.2) is 13.1 Å². The molecule has 22 heavy (non-hydrogen) atoms. The van der Waals surface area contributed by atoms with Crippen LogP contribution >= 0.6 is 0 Å². The number of hydrogen-bond acceptors (Lipinski definition) is 3. The van der Waals surface area contributed by atoms with Crippen LogP contribution in [0.1, 0.15) is 36.1 Å². The molecule has 1 unspecified atom stereocenters. The quantitative estimate of drug-likeness (QED) is 0.854. The van der Waals surface area contributed by atoms with E-state index >= 15 is 0 Å². The summed E-state index contributed by atoms with van der Waals surface area (Å²) in [5, 5.41) is 0. The van der Waals surface area contributed by atoms with E-state index in [1.54, 1.807) is 6.20 Å². The average molecular weight is 318 g/mol. The number of pyridine rings is 1. The van der Waals surface area contributed by atoms with Gasteiger partial charge in [0.2, 0.25) is 10.0 Å². The molecule has 0 spiro atoms. The van der Waals surface area contributed by atoms with Crippen molar-refractivity contribution in [2.24, 2.45) is 0 Å². The third-order valence-corrected chi connectivity index (χ3v) is 5.14.